The van der Waals surface area contributed by atoms with Gasteiger partial charge < -0.3 is 19.9 Å². The molecule has 0 saturated heterocycles. The summed E-state index contributed by atoms with van der Waals surface area (Å²) < 4.78 is 28.4. The maximum absolute atomic E-state index is 12.8. The fourth-order valence-electron chi connectivity index (χ4n) is 1.18. The van der Waals surface area contributed by atoms with Crippen molar-refractivity contribution in [3.63, 3.8) is 0 Å². The summed E-state index contributed by atoms with van der Waals surface area (Å²) in [4.78, 5) is 0. The number of hydrogen-bond acceptors (Lipinski definition) is 4. The van der Waals surface area contributed by atoms with Crippen molar-refractivity contribution in [1.29, 1.82) is 0 Å². The van der Waals surface area contributed by atoms with Crippen molar-refractivity contribution in [3.05, 3.63) is 30.1 Å². The lowest BCUT2D eigenvalue weighted by Gasteiger charge is -2.07. The molecule has 0 saturated carbocycles. The van der Waals surface area contributed by atoms with Gasteiger partial charge in [-0.1, -0.05) is 6.07 Å². The van der Waals surface area contributed by atoms with Crippen LogP contribution in [0.25, 0.3) is 0 Å². The zero-order valence-electron chi connectivity index (χ0n) is 9.73. The minimum atomic E-state index is -0.307. The van der Waals surface area contributed by atoms with E-state index < -0.39 is 0 Å². The van der Waals surface area contributed by atoms with Crippen LogP contribution in [0.5, 0.6) is 5.75 Å². The van der Waals surface area contributed by atoms with Crippen molar-refractivity contribution in [3.8, 4) is 5.75 Å². The normalized spacial score (nSPS) is 10.5. The Bertz CT molecular complexity index is 310. The molecule has 0 amide bonds. The molecule has 2 N–H and O–H groups in total. The molecule has 0 unspecified atom stereocenters. The van der Waals surface area contributed by atoms with E-state index in [1.54, 1.807) is 12.1 Å². The Balaban J connectivity index is 1.97. The third-order valence-corrected chi connectivity index (χ3v) is 1.93. The van der Waals surface area contributed by atoms with E-state index in [-0.39, 0.29) is 5.82 Å². The summed E-state index contributed by atoms with van der Waals surface area (Å²) in [6, 6.07) is 6.02. The van der Waals surface area contributed by atoms with Crippen LogP contribution in [0.2, 0.25) is 0 Å². The molecule has 96 valence electrons. The summed E-state index contributed by atoms with van der Waals surface area (Å²) in [7, 11) is 0. The van der Waals surface area contributed by atoms with Crippen molar-refractivity contribution >= 4 is 0 Å². The van der Waals surface area contributed by atoms with Crippen LogP contribution in [0.4, 0.5) is 4.39 Å². The lowest BCUT2D eigenvalue weighted by molar-refractivity contribution is 0.0387. The SMILES string of the molecule is NCCOCCOCCOc1cccc(F)c1. The van der Waals surface area contributed by atoms with Gasteiger partial charge in [0.05, 0.1) is 26.4 Å². The Morgan fingerprint density at radius 3 is 2.41 bits per heavy atom. The van der Waals surface area contributed by atoms with Gasteiger partial charge in [-0.3, -0.25) is 0 Å². The van der Waals surface area contributed by atoms with Gasteiger partial charge in [0.1, 0.15) is 18.2 Å². The summed E-state index contributed by atoms with van der Waals surface area (Å²) in [5.41, 5.74) is 5.25. The average molecular weight is 243 g/mol. The van der Waals surface area contributed by atoms with Crippen LogP contribution < -0.4 is 10.5 Å². The molecule has 1 aromatic carbocycles. The molecule has 0 atom stereocenters. The topological polar surface area (TPSA) is 53.7 Å². The minimum Gasteiger partial charge on any atom is -0.491 e. The molecule has 5 heteroatoms. The van der Waals surface area contributed by atoms with Crippen LogP contribution in [0, 0.1) is 5.82 Å². The van der Waals surface area contributed by atoms with Crippen LogP contribution >= 0.6 is 0 Å². The molecule has 0 aliphatic rings. The van der Waals surface area contributed by atoms with Gasteiger partial charge in [0, 0.05) is 12.6 Å². The van der Waals surface area contributed by atoms with E-state index in [1.807, 2.05) is 0 Å². The molecule has 0 bridgehead atoms. The summed E-state index contributed by atoms with van der Waals surface area (Å²) >= 11 is 0. The second-order valence-corrected chi connectivity index (χ2v) is 3.32. The van der Waals surface area contributed by atoms with E-state index in [2.05, 4.69) is 0 Å². The fraction of sp³-hybridized carbons (Fsp3) is 0.500. The maximum atomic E-state index is 12.8. The summed E-state index contributed by atoms with van der Waals surface area (Å²) in [6.45, 7) is 2.93. The standard InChI is InChI=1S/C12H18FNO3/c13-11-2-1-3-12(10-11)17-9-8-16-7-6-15-5-4-14/h1-3,10H,4-9,14H2. The molecular weight excluding hydrogens is 225 g/mol. The third kappa shape index (κ3) is 6.88. The highest BCUT2D eigenvalue weighted by Crippen LogP contribution is 2.11. The summed E-state index contributed by atoms with van der Waals surface area (Å²) in [6.07, 6.45) is 0. The lowest BCUT2D eigenvalue weighted by Crippen LogP contribution is -2.14. The third-order valence-electron chi connectivity index (χ3n) is 1.93. The van der Waals surface area contributed by atoms with Crippen molar-refractivity contribution < 1.29 is 18.6 Å². The Labute approximate surface area is 100 Å². The molecule has 0 aliphatic carbocycles. The number of hydrogen-bond donors (Lipinski definition) is 1. The van der Waals surface area contributed by atoms with Crippen LogP contribution in [-0.2, 0) is 9.47 Å². The second kappa shape index (κ2) is 8.92. The molecule has 0 spiro atoms. The number of halogens is 1. The van der Waals surface area contributed by atoms with Crippen LogP contribution in [0.1, 0.15) is 0 Å². The van der Waals surface area contributed by atoms with Crippen molar-refractivity contribution in [2.45, 2.75) is 0 Å². The summed E-state index contributed by atoms with van der Waals surface area (Å²) in [5, 5.41) is 0. The molecule has 0 fully saturated rings. The highest BCUT2D eigenvalue weighted by Gasteiger charge is 1.95. The van der Waals surface area contributed by atoms with Gasteiger partial charge in [-0.25, -0.2) is 4.39 Å². The molecule has 0 heterocycles. The highest BCUT2D eigenvalue weighted by molar-refractivity contribution is 5.22. The molecule has 0 aliphatic heterocycles. The first kappa shape index (κ1) is 13.9. The lowest BCUT2D eigenvalue weighted by atomic mass is 10.3. The Kier molecular flexibility index (Phi) is 7.29. The van der Waals surface area contributed by atoms with Crippen LogP contribution in [0.3, 0.4) is 0 Å². The predicted molar refractivity (Wildman–Crippen MR) is 62.6 cm³/mol. The van der Waals surface area contributed by atoms with E-state index in [0.717, 1.165) is 0 Å². The van der Waals surface area contributed by atoms with Gasteiger partial charge in [0.15, 0.2) is 0 Å². The highest BCUT2D eigenvalue weighted by atomic mass is 19.1. The molecule has 4 nitrogen and oxygen atoms in total. The zero-order valence-corrected chi connectivity index (χ0v) is 9.73. The number of ether oxygens (including phenoxy) is 3. The van der Waals surface area contributed by atoms with Gasteiger partial charge in [-0.2, -0.15) is 0 Å². The van der Waals surface area contributed by atoms with Gasteiger partial charge in [0.2, 0.25) is 0 Å². The van der Waals surface area contributed by atoms with Crippen LogP contribution in [-0.4, -0.2) is 39.6 Å². The Morgan fingerprint density at radius 2 is 1.71 bits per heavy atom. The van der Waals surface area contributed by atoms with E-state index in [4.69, 9.17) is 19.9 Å². The Morgan fingerprint density at radius 1 is 1.00 bits per heavy atom. The monoisotopic (exact) mass is 243 g/mol. The predicted octanol–water partition coefficient (Wildman–Crippen LogP) is 1.20. The van der Waals surface area contributed by atoms with E-state index in [0.29, 0.717) is 45.3 Å². The quantitative estimate of drug-likeness (QED) is 0.662. The first-order chi connectivity index (χ1) is 8.33. The van der Waals surface area contributed by atoms with Crippen LogP contribution in [0.15, 0.2) is 24.3 Å². The van der Waals surface area contributed by atoms with E-state index in [1.165, 1.54) is 12.1 Å². The smallest absolute Gasteiger partial charge is 0.126 e. The maximum Gasteiger partial charge on any atom is 0.126 e. The second-order valence-electron chi connectivity index (χ2n) is 3.32. The fourth-order valence-corrected chi connectivity index (χ4v) is 1.18. The van der Waals surface area contributed by atoms with E-state index in [9.17, 15) is 4.39 Å². The molecule has 1 rings (SSSR count). The number of rotatable bonds is 9. The van der Waals surface area contributed by atoms with Crippen molar-refractivity contribution in [1.82, 2.24) is 0 Å². The Hall–Kier alpha value is -1.17. The number of nitrogens with two attached hydrogens (primary N) is 1. The van der Waals surface area contributed by atoms with Gasteiger partial charge >= 0.3 is 0 Å². The molecular formula is C12H18FNO3. The molecule has 0 radical (unpaired) electrons. The summed E-state index contributed by atoms with van der Waals surface area (Å²) in [5.74, 6) is 0.201. The van der Waals surface area contributed by atoms with Crippen molar-refractivity contribution in [2.24, 2.45) is 5.73 Å². The first-order valence-corrected chi connectivity index (χ1v) is 5.57. The van der Waals surface area contributed by atoms with Gasteiger partial charge in [-0.15, -0.1) is 0 Å². The van der Waals surface area contributed by atoms with Crippen molar-refractivity contribution in [2.75, 3.05) is 39.6 Å². The average Bonchev–Trinajstić information content (AvgIpc) is 2.33. The largest absolute Gasteiger partial charge is 0.491 e. The molecule has 1 aromatic rings. The van der Waals surface area contributed by atoms with Gasteiger partial charge in [-0.05, 0) is 12.1 Å². The molecule has 0 aromatic heterocycles. The van der Waals surface area contributed by atoms with Gasteiger partial charge in [0.25, 0.3) is 0 Å². The minimum absolute atomic E-state index is 0.307. The zero-order chi connectivity index (χ0) is 12.3. The molecule has 17 heavy (non-hydrogen) atoms. The van der Waals surface area contributed by atoms with E-state index >= 15 is 0 Å². The number of benzene rings is 1. The first-order valence-electron chi connectivity index (χ1n) is 5.57.